The van der Waals surface area contributed by atoms with Gasteiger partial charge in [-0.3, -0.25) is 0 Å². The number of hydrogen-bond donors (Lipinski definition) is 0. The Labute approximate surface area is 62.3 Å². The van der Waals surface area contributed by atoms with Gasteiger partial charge in [0, 0.05) is 19.6 Å². The normalized spacial score (nSPS) is 17.3. The van der Waals surface area contributed by atoms with Gasteiger partial charge >= 0.3 is 0 Å². The first-order chi connectivity index (χ1) is 4.22. The molecule has 0 N–H and O–H groups in total. The van der Waals surface area contributed by atoms with Crippen molar-refractivity contribution in [3.8, 4) is 0 Å². The van der Waals surface area contributed by atoms with Crippen LogP contribution in [0.25, 0.3) is 0 Å². The van der Waals surface area contributed by atoms with Crippen LogP contribution in [0.2, 0.25) is 0 Å². The van der Waals surface area contributed by atoms with Gasteiger partial charge in [0.05, 0.1) is 0 Å². The molecule has 2 heteroatoms. The fourth-order valence-electron chi connectivity index (χ4n) is 0.579. The maximum atomic E-state index is 5.63. The molecule has 2 atom stereocenters. The first kappa shape index (κ1) is 9.25. The van der Waals surface area contributed by atoms with Gasteiger partial charge < -0.3 is 4.74 Å². The minimum absolute atomic E-state index is 0.562. The maximum Gasteiger partial charge on any atom is 0.0490 e. The standard InChI is InChI=1S/C7H15ClO/c1-6(4-8)7(2)5-9-3/h6-7H,4-5H2,1-3H3. The van der Waals surface area contributed by atoms with Crippen molar-refractivity contribution in [3.63, 3.8) is 0 Å². The van der Waals surface area contributed by atoms with Crippen molar-refractivity contribution in [2.75, 3.05) is 19.6 Å². The van der Waals surface area contributed by atoms with Crippen LogP contribution in [0.15, 0.2) is 0 Å². The third-order valence-corrected chi connectivity index (χ3v) is 2.13. The zero-order valence-corrected chi connectivity index (χ0v) is 7.11. The topological polar surface area (TPSA) is 9.23 Å². The molecule has 0 radical (unpaired) electrons. The molecule has 0 fully saturated rings. The Kier molecular flexibility index (Phi) is 5.21. The lowest BCUT2D eigenvalue weighted by atomic mass is 9.99. The van der Waals surface area contributed by atoms with Crippen LogP contribution in [-0.2, 0) is 4.74 Å². The summed E-state index contributed by atoms with van der Waals surface area (Å²) in [6, 6.07) is 0. The molecule has 0 aliphatic carbocycles. The van der Waals surface area contributed by atoms with E-state index >= 15 is 0 Å². The van der Waals surface area contributed by atoms with Crippen LogP contribution in [0, 0.1) is 11.8 Å². The molecule has 0 aromatic heterocycles. The maximum absolute atomic E-state index is 5.63. The third kappa shape index (κ3) is 3.77. The van der Waals surface area contributed by atoms with E-state index in [-0.39, 0.29) is 0 Å². The molecule has 0 saturated heterocycles. The summed E-state index contributed by atoms with van der Waals surface area (Å²) in [4.78, 5) is 0. The third-order valence-electron chi connectivity index (χ3n) is 1.64. The summed E-state index contributed by atoms with van der Waals surface area (Å²) in [5.41, 5.74) is 0. The summed E-state index contributed by atoms with van der Waals surface area (Å²) in [5.74, 6) is 1.86. The zero-order chi connectivity index (χ0) is 7.28. The van der Waals surface area contributed by atoms with E-state index in [1.54, 1.807) is 7.11 Å². The predicted octanol–water partition coefficient (Wildman–Crippen LogP) is 2.14. The summed E-state index contributed by atoms with van der Waals surface area (Å²) < 4.78 is 4.97. The van der Waals surface area contributed by atoms with Crippen LogP contribution in [0.1, 0.15) is 13.8 Å². The van der Waals surface area contributed by atoms with E-state index in [1.165, 1.54) is 0 Å². The van der Waals surface area contributed by atoms with E-state index in [2.05, 4.69) is 13.8 Å². The molecule has 2 unspecified atom stereocenters. The first-order valence-corrected chi connectivity index (χ1v) is 3.80. The second-order valence-corrected chi connectivity index (χ2v) is 2.87. The van der Waals surface area contributed by atoms with Crippen molar-refractivity contribution in [1.82, 2.24) is 0 Å². The van der Waals surface area contributed by atoms with E-state index in [0.29, 0.717) is 11.8 Å². The molecular weight excluding hydrogens is 136 g/mol. The minimum Gasteiger partial charge on any atom is -0.384 e. The molecule has 0 rings (SSSR count). The molecule has 0 saturated carbocycles. The Bertz CT molecular complexity index is 65.9. The number of methoxy groups -OCH3 is 1. The van der Waals surface area contributed by atoms with Gasteiger partial charge in [-0.2, -0.15) is 0 Å². The van der Waals surface area contributed by atoms with E-state index in [9.17, 15) is 0 Å². The fourth-order valence-corrected chi connectivity index (χ4v) is 0.883. The quantitative estimate of drug-likeness (QED) is 0.558. The Morgan fingerprint density at radius 3 is 2.22 bits per heavy atom. The summed E-state index contributed by atoms with van der Waals surface area (Å²) in [5, 5.41) is 0. The lowest BCUT2D eigenvalue weighted by molar-refractivity contribution is 0.139. The van der Waals surface area contributed by atoms with Crippen molar-refractivity contribution in [1.29, 1.82) is 0 Å². The van der Waals surface area contributed by atoms with Crippen molar-refractivity contribution in [3.05, 3.63) is 0 Å². The second-order valence-electron chi connectivity index (χ2n) is 2.56. The van der Waals surface area contributed by atoms with Crippen molar-refractivity contribution in [2.45, 2.75) is 13.8 Å². The van der Waals surface area contributed by atoms with Gasteiger partial charge in [0.1, 0.15) is 0 Å². The molecule has 0 aliphatic heterocycles. The van der Waals surface area contributed by atoms with Gasteiger partial charge in [0.15, 0.2) is 0 Å². The lowest BCUT2D eigenvalue weighted by Crippen LogP contribution is -2.14. The van der Waals surface area contributed by atoms with Crippen LogP contribution in [0.4, 0.5) is 0 Å². The van der Waals surface area contributed by atoms with Gasteiger partial charge in [-0.05, 0) is 11.8 Å². The fraction of sp³-hybridized carbons (Fsp3) is 1.00. The average molecular weight is 151 g/mol. The smallest absolute Gasteiger partial charge is 0.0490 e. The van der Waals surface area contributed by atoms with Crippen LogP contribution in [-0.4, -0.2) is 19.6 Å². The second kappa shape index (κ2) is 5.07. The molecule has 0 bridgehead atoms. The van der Waals surface area contributed by atoms with Gasteiger partial charge in [0.2, 0.25) is 0 Å². The molecule has 1 nitrogen and oxygen atoms in total. The SMILES string of the molecule is COCC(C)C(C)CCl. The van der Waals surface area contributed by atoms with Crippen molar-refractivity contribution in [2.24, 2.45) is 11.8 Å². The van der Waals surface area contributed by atoms with Gasteiger partial charge in [-0.15, -0.1) is 11.6 Å². The van der Waals surface area contributed by atoms with E-state index < -0.39 is 0 Å². The zero-order valence-electron chi connectivity index (χ0n) is 6.36. The average Bonchev–Trinajstić information content (AvgIpc) is 1.87. The molecule has 0 aromatic rings. The number of rotatable bonds is 4. The van der Waals surface area contributed by atoms with Crippen molar-refractivity contribution < 1.29 is 4.74 Å². The van der Waals surface area contributed by atoms with E-state index in [1.807, 2.05) is 0 Å². The Morgan fingerprint density at radius 2 is 1.89 bits per heavy atom. The monoisotopic (exact) mass is 150 g/mol. The van der Waals surface area contributed by atoms with Gasteiger partial charge in [0.25, 0.3) is 0 Å². The Hall–Kier alpha value is 0.250. The number of hydrogen-bond acceptors (Lipinski definition) is 1. The number of alkyl halides is 1. The van der Waals surface area contributed by atoms with Crippen LogP contribution >= 0.6 is 11.6 Å². The highest BCUT2D eigenvalue weighted by atomic mass is 35.5. The molecule has 56 valence electrons. The first-order valence-electron chi connectivity index (χ1n) is 3.27. The summed E-state index contributed by atoms with van der Waals surface area (Å²) in [7, 11) is 1.72. The summed E-state index contributed by atoms with van der Waals surface area (Å²) >= 11 is 5.63. The minimum atomic E-state index is 0.562. The highest BCUT2D eigenvalue weighted by Gasteiger charge is 2.09. The number of ether oxygens (including phenoxy) is 1. The molecule has 0 spiro atoms. The van der Waals surface area contributed by atoms with Crippen molar-refractivity contribution >= 4 is 11.6 Å². The van der Waals surface area contributed by atoms with E-state index in [4.69, 9.17) is 16.3 Å². The van der Waals surface area contributed by atoms with Crippen LogP contribution < -0.4 is 0 Å². The lowest BCUT2D eigenvalue weighted by Gasteiger charge is -2.15. The molecule has 9 heavy (non-hydrogen) atoms. The molecule has 0 amide bonds. The van der Waals surface area contributed by atoms with Gasteiger partial charge in [-0.1, -0.05) is 13.8 Å². The highest BCUT2D eigenvalue weighted by molar-refractivity contribution is 6.18. The van der Waals surface area contributed by atoms with Gasteiger partial charge in [-0.25, -0.2) is 0 Å². The molecular formula is C7H15ClO. The number of halogens is 1. The van der Waals surface area contributed by atoms with Crippen LogP contribution in [0.3, 0.4) is 0 Å². The predicted molar refractivity (Wildman–Crippen MR) is 40.9 cm³/mol. The summed E-state index contributed by atoms with van der Waals surface area (Å²) in [6.07, 6.45) is 0. The molecule has 0 aliphatic rings. The van der Waals surface area contributed by atoms with E-state index in [0.717, 1.165) is 12.5 Å². The largest absolute Gasteiger partial charge is 0.384 e. The Balaban J connectivity index is 3.32. The Morgan fingerprint density at radius 1 is 1.33 bits per heavy atom. The molecule has 0 heterocycles. The summed E-state index contributed by atoms with van der Waals surface area (Å²) in [6.45, 7) is 5.10. The molecule has 0 aromatic carbocycles. The van der Waals surface area contributed by atoms with Crippen LogP contribution in [0.5, 0.6) is 0 Å². The highest BCUT2D eigenvalue weighted by Crippen LogP contribution is 2.11.